The Labute approximate surface area is 258 Å². The molecular formula is C33H65NO7P+. The molecule has 0 aromatic rings. The lowest BCUT2D eigenvalue weighted by atomic mass is 10.1. The molecule has 2 atom stereocenters. The molecule has 0 saturated heterocycles. The predicted molar refractivity (Wildman–Crippen MR) is 173 cm³/mol. The van der Waals surface area contributed by atoms with Gasteiger partial charge in [0.2, 0.25) is 0 Å². The summed E-state index contributed by atoms with van der Waals surface area (Å²) < 4.78 is 34.5. The molecule has 2 unspecified atom stereocenters. The van der Waals surface area contributed by atoms with Crippen LogP contribution in [0, 0.1) is 0 Å². The lowest BCUT2D eigenvalue weighted by Gasteiger charge is -2.24. The van der Waals surface area contributed by atoms with E-state index >= 15 is 0 Å². The number of unbranched alkanes of at least 4 members (excludes halogenated alkanes) is 12. The summed E-state index contributed by atoms with van der Waals surface area (Å²) in [5, 5.41) is 0. The van der Waals surface area contributed by atoms with E-state index in [9.17, 15) is 14.3 Å². The molecule has 0 fully saturated rings. The van der Waals surface area contributed by atoms with Gasteiger partial charge in [0.15, 0.2) is 0 Å². The fourth-order valence-electron chi connectivity index (χ4n) is 4.10. The number of esters is 1. The van der Waals surface area contributed by atoms with Crippen LogP contribution in [0.15, 0.2) is 24.3 Å². The zero-order valence-corrected chi connectivity index (χ0v) is 28.6. The Bertz CT molecular complexity index is 736. The van der Waals surface area contributed by atoms with Crippen molar-refractivity contribution in [3.63, 3.8) is 0 Å². The lowest BCUT2D eigenvalue weighted by molar-refractivity contribution is -0.870. The van der Waals surface area contributed by atoms with E-state index in [2.05, 4.69) is 38.2 Å². The molecule has 0 spiro atoms. The predicted octanol–water partition coefficient (Wildman–Crippen LogP) is 8.54. The van der Waals surface area contributed by atoms with Crippen molar-refractivity contribution >= 4 is 13.8 Å². The minimum atomic E-state index is -4.25. The number of hydrogen-bond acceptors (Lipinski definition) is 6. The number of carbonyl (C=O) groups is 1. The molecule has 0 heterocycles. The van der Waals surface area contributed by atoms with Gasteiger partial charge in [-0.3, -0.25) is 13.8 Å². The highest BCUT2D eigenvalue weighted by Crippen LogP contribution is 2.43. The quantitative estimate of drug-likeness (QED) is 0.0284. The molecule has 0 aliphatic heterocycles. The van der Waals surface area contributed by atoms with Crippen molar-refractivity contribution in [2.45, 2.75) is 129 Å². The average Bonchev–Trinajstić information content (AvgIpc) is 2.92. The fourth-order valence-corrected chi connectivity index (χ4v) is 4.84. The number of rotatable bonds is 30. The SMILES string of the molecule is CCCC/C=C\C/C=C\CCCCCCCCOCC(COP(=O)(O)OCC[N+](C)(C)C)OC(=O)CCCCCCC. The van der Waals surface area contributed by atoms with Crippen LogP contribution in [0.4, 0.5) is 0 Å². The van der Waals surface area contributed by atoms with Gasteiger partial charge in [-0.05, 0) is 38.5 Å². The minimum Gasteiger partial charge on any atom is -0.457 e. The Kier molecular flexibility index (Phi) is 26.9. The van der Waals surface area contributed by atoms with Gasteiger partial charge in [0, 0.05) is 13.0 Å². The first-order chi connectivity index (χ1) is 20.1. The summed E-state index contributed by atoms with van der Waals surface area (Å²) in [6.45, 7) is 5.45. The molecule has 0 aliphatic rings. The largest absolute Gasteiger partial charge is 0.472 e. The number of phosphoric ester groups is 1. The van der Waals surface area contributed by atoms with Crippen LogP contribution < -0.4 is 0 Å². The van der Waals surface area contributed by atoms with Gasteiger partial charge in [-0.15, -0.1) is 0 Å². The Morgan fingerprint density at radius 2 is 1.33 bits per heavy atom. The van der Waals surface area contributed by atoms with E-state index in [0.717, 1.165) is 57.8 Å². The summed E-state index contributed by atoms with van der Waals surface area (Å²) in [5.41, 5.74) is 0. The second-order valence-corrected chi connectivity index (χ2v) is 13.6. The van der Waals surface area contributed by atoms with Crippen molar-refractivity contribution in [3.05, 3.63) is 24.3 Å². The number of allylic oxidation sites excluding steroid dienone is 4. The van der Waals surface area contributed by atoms with Crippen LogP contribution in [0.25, 0.3) is 0 Å². The third-order valence-electron chi connectivity index (χ3n) is 6.77. The van der Waals surface area contributed by atoms with Gasteiger partial charge in [0.1, 0.15) is 19.3 Å². The summed E-state index contributed by atoms with van der Waals surface area (Å²) in [7, 11) is 1.65. The van der Waals surface area contributed by atoms with E-state index in [1.807, 2.05) is 21.1 Å². The third kappa shape index (κ3) is 30.4. The summed E-state index contributed by atoms with van der Waals surface area (Å²) in [5.74, 6) is -0.333. The van der Waals surface area contributed by atoms with Gasteiger partial charge in [-0.1, -0.05) is 102 Å². The van der Waals surface area contributed by atoms with Crippen LogP contribution in [0.2, 0.25) is 0 Å². The van der Waals surface area contributed by atoms with E-state index < -0.39 is 13.9 Å². The van der Waals surface area contributed by atoms with Gasteiger partial charge in [-0.25, -0.2) is 4.57 Å². The number of carbonyl (C=O) groups excluding carboxylic acids is 1. The smallest absolute Gasteiger partial charge is 0.457 e. The molecule has 0 aromatic heterocycles. The van der Waals surface area contributed by atoms with Crippen LogP contribution in [0.5, 0.6) is 0 Å². The summed E-state index contributed by atoms with van der Waals surface area (Å²) >= 11 is 0. The maximum atomic E-state index is 12.4. The number of phosphoric acid groups is 1. The van der Waals surface area contributed by atoms with Crippen LogP contribution in [0.3, 0.4) is 0 Å². The standard InChI is InChI=1S/C33H64NO7P/c1-6-8-10-12-13-14-15-16-17-18-19-20-21-23-25-28-38-30-32(41-33(35)26-24-22-11-9-7-2)31-40-42(36,37)39-29-27-34(3,4)5/h12-13,15-16,32H,6-11,14,17-31H2,1-5H3/p+1/b13-12-,16-15-. The zero-order chi connectivity index (χ0) is 31.4. The third-order valence-corrected chi connectivity index (χ3v) is 7.75. The normalized spacial score (nSPS) is 14.5. The molecule has 0 amide bonds. The first-order valence-corrected chi connectivity index (χ1v) is 18.1. The molecule has 0 aromatic carbocycles. The molecule has 0 saturated carbocycles. The average molecular weight is 619 g/mol. The molecule has 0 bridgehead atoms. The molecule has 0 radical (unpaired) electrons. The zero-order valence-electron chi connectivity index (χ0n) is 27.7. The van der Waals surface area contributed by atoms with Crippen LogP contribution in [-0.4, -0.2) is 75.6 Å². The summed E-state index contributed by atoms with van der Waals surface area (Å²) in [4.78, 5) is 22.4. The van der Waals surface area contributed by atoms with E-state index in [4.69, 9.17) is 18.5 Å². The van der Waals surface area contributed by atoms with Gasteiger partial charge in [0.25, 0.3) is 0 Å². The van der Waals surface area contributed by atoms with Crippen molar-refractivity contribution in [1.29, 1.82) is 0 Å². The van der Waals surface area contributed by atoms with Crippen molar-refractivity contribution < 1.29 is 37.3 Å². The van der Waals surface area contributed by atoms with Crippen molar-refractivity contribution in [2.75, 3.05) is 54.1 Å². The van der Waals surface area contributed by atoms with Crippen LogP contribution >= 0.6 is 7.82 Å². The maximum absolute atomic E-state index is 12.4. The molecular weight excluding hydrogens is 553 g/mol. The van der Waals surface area contributed by atoms with Gasteiger partial charge in [-0.2, -0.15) is 0 Å². The molecule has 1 N–H and O–H groups in total. The number of hydrogen-bond donors (Lipinski definition) is 1. The van der Waals surface area contributed by atoms with Crippen molar-refractivity contribution in [2.24, 2.45) is 0 Å². The monoisotopic (exact) mass is 618 g/mol. The van der Waals surface area contributed by atoms with Gasteiger partial charge >= 0.3 is 13.8 Å². The fraction of sp³-hybridized carbons (Fsp3) is 0.848. The van der Waals surface area contributed by atoms with Gasteiger partial charge in [0.05, 0.1) is 34.4 Å². The van der Waals surface area contributed by atoms with Crippen LogP contribution in [0.1, 0.15) is 123 Å². The first kappa shape index (κ1) is 41.0. The molecule has 8 nitrogen and oxygen atoms in total. The number of likely N-dealkylation sites (N-methyl/N-ethyl adjacent to an activating group) is 1. The molecule has 0 rings (SSSR count). The number of nitrogens with zero attached hydrogens (tertiary/aromatic N) is 1. The minimum absolute atomic E-state index is 0.0868. The highest BCUT2D eigenvalue weighted by Gasteiger charge is 2.26. The van der Waals surface area contributed by atoms with E-state index in [1.54, 1.807) is 0 Å². The second kappa shape index (κ2) is 27.5. The number of quaternary nitrogens is 1. The highest BCUT2D eigenvalue weighted by atomic mass is 31.2. The molecule has 248 valence electrons. The summed E-state index contributed by atoms with van der Waals surface area (Å²) in [6.07, 6.45) is 26.6. The number of ether oxygens (including phenoxy) is 2. The topological polar surface area (TPSA) is 91.3 Å². The molecule has 0 aliphatic carbocycles. The second-order valence-electron chi connectivity index (χ2n) is 12.2. The van der Waals surface area contributed by atoms with Crippen molar-refractivity contribution in [1.82, 2.24) is 0 Å². The first-order valence-electron chi connectivity index (χ1n) is 16.6. The van der Waals surface area contributed by atoms with Crippen molar-refractivity contribution in [3.8, 4) is 0 Å². The van der Waals surface area contributed by atoms with E-state index in [0.29, 0.717) is 24.1 Å². The highest BCUT2D eigenvalue weighted by molar-refractivity contribution is 7.47. The van der Waals surface area contributed by atoms with E-state index in [1.165, 1.54) is 44.9 Å². The Hall–Kier alpha value is -1.02. The van der Waals surface area contributed by atoms with Gasteiger partial charge < -0.3 is 18.9 Å². The summed E-state index contributed by atoms with van der Waals surface area (Å²) in [6, 6.07) is 0. The lowest BCUT2D eigenvalue weighted by Crippen LogP contribution is -2.37. The molecule has 42 heavy (non-hydrogen) atoms. The Morgan fingerprint density at radius 1 is 0.738 bits per heavy atom. The Morgan fingerprint density at radius 3 is 2.00 bits per heavy atom. The maximum Gasteiger partial charge on any atom is 0.472 e. The Balaban J connectivity index is 4.23. The molecule has 9 heteroatoms. The van der Waals surface area contributed by atoms with Crippen LogP contribution in [-0.2, 0) is 27.9 Å². The van der Waals surface area contributed by atoms with E-state index in [-0.39, 0.29) is 25.8 Å².